The van der Waals surface area contributed by atoms with Crippen LogP contribution in [0.2, 0.25) is 10.0 Å². The topological polar surface area (TPSA) is 72.5 Å². The minimum atomic E-state index is -4.06. The highest BCUT2D eigenvalue weighted by Crippen LogP contribution is 2.35. The van der Waals surface area contributed by atoms with E-state index in [0.29, 0.717) is 29.9 Å². The number of nitrogens with one attached hydrogen (secondary N) is 1. The van der Waals surface area contributed by atoms with Gasteiger partial charge in [-0.1, -0.05) is 23.2 Å². The minimum Gasteiger partial charge on any atom is -0.468 e. The Morgan fingerprint density at radius 2 is 1.96 bits per heavy atom. The molecule has 0 atom stereocenters. The molecular formula is C14H16Cl3NO4S2. The number of methoxy groups -OCH3 is 1. The summed E-state index contributed by atoms with van der Waals surface area (Å²) in [6.07, 6.45) is 0.689. The maximum Gasteiger partial charge on any atom is 0.327 e. The van der Waals surface area contributed by atoms with E-state index < -0.39 is 21.5 Å². The number of carbonyl (C=O) groups excluding carboxylic acids is 1. The van der Waals surface area contributed by atoms with Gasteiger partial charge < -0.3 is 4.74 Å². The molecule has 1 saturated heterocycles. The lowest BCUT2D eigenvalue weighted by atomic mass is 9.94. The Bertz CT molecular complexity index is 734. The van der Waals surface area contributed by atoms with Crippen molar-refractivity contribution in [2.45, 2.75) is 29.2 Å². The van der Waals surface area contributed by atoms with Gasteiger partial charge in [0.2, 0.25) is 10.0 Å². The zero-order chi connectivity index (χ0) is 18.0. The van der Waals surface area contributed by atoms with Crippen molar-refractivity contribution in [2.24, 2.45) is 0 Å². The first kappa shape index (κ1) is 20.1. The molecule has 1 aromatic rings. The third kappa shape index (κ3) is 3.97. The molecule has 134 valence electrons. The number of thioether (sulfide) groups is 1. The Kier molecular flexibility index (Phi) is 6.72. The number of esters is 1. The van der Waals surface area contributed by atoms with E-state index >= 15 is 0 Å². The molecule has 24 heavy (non-hydrogen) atoms. The van der Waals surface area contributed by atoms with Crippen LogP contribution in [0, 0.1) is 0 Å². The van der Waals surface area contributed by atoms with Crippen molar-refractivity contribution in [1.82, 2.24) is 4.72 Å². The molecule has 0 amide bonds. The van der Waals surface area contributed by atoms with Gasteiger partial charge in [-0.2, -0.15) is 16.5 Å². The van der Waals surface area contributed by atoms with Gasteiger partial charge in [-0.3, -0.25) is 4.79 Å². The number of ether oxygens (including phenoxy) is 1. The van der Waals surface area contributed by atoms with Crippen LogP contribution in [0.3, 0.4) is 0 Å². The van der Waals surface area contributed by atoms with Crippen LogP contribution in [-0.2, 0) is 25.4 Å². The third-order valence-electron chi connectivity index (χ3n) is 3.83. The normalized spacial score (nSPS) is 17.5. The lowest BCUT2D eigenvalue weighted by Gasteiger charge is -2.34. The van der Waals surface area contributed by atoms with Crippen LogP contribution < -0.4 is 4.72 Å². The molecule has 5 nitrogen and oxygen atoms in total. The van der Waals surface area contributed by atoms with Gasteiger partial charge in [-0.05, 0) is 36.5 Å². The minimum absolute atomic E-state index is 0.0280. The summed E-state index contributed by atoms with van der Waals surface area (Å²) >= 11 is 19.6. The smallest absolute Gasteiger partial charge is 0.327 e. The lowest BCUT2D eigenvalue weighted by molar-refractivity contribution is -0.148. The second-order valence-corrected chi connectivity index (χ2v) is 9.19. The summed E-state index contributed by atoms with van der Waals surface area (Å²) in [6, 6.07) is 2.72. The molecule has 0 radical (unpaired) electrons. The van der Waals surface area contributed by atoms with E-state index in [1.165, 1.54) is 19.2 Å². The molecule has 0 aromatic heterocycles. The molecule has 0 aliphatic carbocycles. The fourth-order valence-corrected chi connectivity index (χ4v) is 6.41. The zero-order valence-corrected chi connectivity index (χ0v) is 16.7. The number of hydrogen-bond acceptors (Lipinski definition) is 5. The van der Waals surface area contributed by atoms with Crippen molar-refractivity contribution in [3.8, 4) is 0 Å². The highest BCUT2D eigenvalue weighted by atomic mass is 35.5. The number of rotatable bonds is 5. The Morgan fingerprint density at radius 1 is 1.33 bits per heavy atom. The zero-order valence-electron chi connectivity index (χ0n) is 12.8. The summed E-state index contributed by atoms with van der Waals surface area (Å²) < 4.78 is 33.0. The first-order valence-electron chi connectivity index (χ1n) is 7.00. The summed E-state index contributed by atoms with van der Waals surface area (Å²) in [7, 11) is -2.83. The van der Waals surface area contributed by atoms with Crippen molar-refractivity contribution < 1.29 is 17.9 Å². The molecule has 0 saturated carbocycles. The largest absolute Gasteiger partial charge is 0.468 e. The maximum atomic E-state index is 12.8. The van der Waals surface area contributed by atoms with Gasteiger partial charge >= 0.3 is 5.97 Å². The average molecular weight is 433 g/mol. The van der Waals surface area contributed by atoms with Crippen LogP contribution >= 0.6 is 46.6 Å². The fourth-order valence-electron chi connectivity index (χ4n) is 2.48. The molecule has 1 heterocycles. The highest BCUT2D eigenvalue weighted by Gasteiger charge is 2.44. The third-order valence-corrected chi connectivity index (χ3v) is 7.56. The summed E-state index contributed by atoms with van der Waals surface area (Å²) in [5.41, 5.74) is -0.961. The van der Waals surface area contributed by atoms with E-state index in [1.807, 2.05) is 0 Å². The summed E-state index contributed by atoms with van der Waals surface area (Å²) in [6.45, 7) is 0. The highest BCUT2D eigenvalue weighted by molar-refractivity contribution is 7.99. The fraction of sp³-hybridized carbons (Fsp3) is 0.500. The van der Waals surface area contributed by atoms with Crippen molar-refractivity contribution in [3.05, 3.63) is 27.7 Å². The number of halogens is 3. The van der Waals surface area contributed by atoms with E-state index in [9.17, 15) is 13.2 Å². The quantitative estimate of drug-likeness (QED) is 0.570. The first-order valence-corrected chi connectivity index (χ1v) is 10.9. The van der Waals surface area contributed by atoms with E-state index in [1.54, 1.807) is 11.8 Å². The van der Waals surface area contributed by atoms with Gasteiger partial charge in [0.1, 0.15) is 10.4 Å². The monoisotopic (exact) mass is 431 g/mol. The Balaban J connectivity index is 2.45. The van der Waals surface area contributed by atoms with Crippen molar-refractivity contribution >= 4 is 62.6 Å². The van der Waals surface area contributed by atoms with Crippen LogP contribution in [0.25, 0.3) is 0 Å². The number of sulfonamides is 1. The number of alkyl halides is 1. The average Bonchev–Trinajstić information content (AvgIpc) is 2.54. The predicted octanol–water partition coefficient (Wildman–Crippen LogP) is 3.45. The maximum absolute atomic E-state index is 12.8. The molecule has 1 aliphatic heterocycles. The van der Waals surface area contributed by atoms with E-state index in [2.05, 4.69) is 4.72 Å². The van der Waals surface area contributed by atoms with Crippen LogP contribution in [0.4, 0.5) is 0 Å². The second-order valence-electron chi connectivity index (χ2n) is 5.26. The van der Waals surface area contributed by atoms with Crippen LogP contribution in [0.1, 0.15) is 18.4 Å². The SMILES string of the molecule is COC(=O)C1(NS(=O)(=O)c2ccc(Cl)c(CCl)c2Cl)CCSCC1. The molecule has 1 fully saturated rings. The summed E-state index contributed by atoms with van der Waals surface area (Å²) in [4.78, 5) is 12.1. The Morgan fingerprint density at radius 3 is 2.50 bits per heavy atom. The second kappa shape index (κ2) is 8.01. The molecule has 10 heteroatoms. The number of hydrogen-bond donors (Lipinski definition) is 1. The van der Waals surface area contributed by atoms with Crippen LogP contribution in [0.15, 0.2) is 17.0 Å². The van der Waals surface area contributed by atoms with Crippen molar-refractivity contribution in [1.29, 1.82) is 0 Å². The Labute approximate surface area is 160 Å². The van der Waals surface area contributed by atoms with E-state index in [0.717, 1.165) is 0 Å². The van der Waals surface area contributed by atoms with E-state index in [4.69, 9.17) is 39.5 Å². The first-order chi connectivity index (χ1) is 11.3. The standard InChI is InChI=1S/C14H16Cl3NO4S2/c1-22-13(19)14(4-6-23-7-5-14)18-24(20,21)11-3-2-10(16)9(8-15)12(11)17/h2-3,18H,4-8H2,1H3. The Hall–Kier alpha value is -0.180. The van der Waals surface area contributed by atoms with Gasteiger partial charge in [0.05, 0.1) is 18.0 Å². The number of benzene rings is 1. The molecule has 2 rings (SSSR count). The molecule has 0 spiro atoms. The molecule has 1 aliphatic rings. The predicted molar refractivity (Wildman–Crippen MR) is 97.6 cm³/mol. The molecular weight excluding hydrogens is 417 g/mol. The van der Waals surface area contributed by atoms with Gasteiger partial charge in [-0.25, -0.2) is 8.42 Å². The van der Waals surface area contributed by atoms with Gasteiger partial charge in [0.25, 0.3) is 0 Å². The molecule has 1 N–H and O–H groups in total. The van der Waals surface area contributed by atoms with Crippen molar-refractivity contribution in [3.63, 3.8) is 0 Å². The van der Waals surface area contributed by atoms with Crippen LogP contribution in [0.5, 0.6) is 0 Å². The van der Waals surface area contributed by atoms with Gasteiger partial charge in [0, 0.05) is 10.6 Å². The number of carbonyl (C=O) groups is 1. The lowest BCUT2D eigenvalue weighted by Crippen LogP contribution is -2.56. The summed E-state index contributed by atoms with van der Waals surface area (Å²) in [5.74, 6) is 0.673. The molecule has 1 aromatic carbocycles. The molecule has 0 unspecified atom stereocenters. The molecule has 0 bridgehead atoms. The van der Waals surface area contributed by atoms with Crippen molar-refractivity contribution in [2.75, 3.05) is 18.6 Å². The van der Waals surface area contributed by atoms with Crippen LogP contribution in [-0.4, -0.2) is 38.5 Å². The van der Waals surface area contributed by atoms with E-state index in [-0.39, 0.29) is 20.8 Å². The summed E-state index contributed by atoms with van der Waals surface area (Å²) in [5, 5.41) is 0.237. The van der Waals surface area contributed by atoms with Gasteiger partial charge in [0.15, 0.2) is 0 Å². The van der Waals surface area contributed by atoms with Gasteiger partial charge in [-0.15, -0.1) is 11.6 Å².